The van der Waals surface area contributed by atoms with Crippen molar-refractivity contribution < 1.29 is 37.8 Å². The number of unbranched alkanes of at least 4 members (excludes halogenated alkanes) is 11. The van der Waals surface area contributed by atoms with E-state index in [9.17, 15) is 23.8 Å². The molecule has 11 heteroatoms. The molecule has 1 amide bonds. The van der Waals surface area contributed by atoms with Crippen LogP contribution in [-0.2, 0) is 39.4 Å². The van der Waals surface area contributed by atoms with E-state index in [-0.39, 0.29) is 37.7 Å². The Kier molecular flexibility index (Phi) is 23.2. The molecule has 2 rings (SSSR count). The van der Waals surface area contributed by atoms with Crippen LogP contribution in [0.15, 0.2) is 54.6 Å². The topological polar surface area (TPSA) is 140 Å². The fourth-order valence-corrected chi connectivity index (χ4v) is 6.76. The van der Waals surface area contributed by atoms with Crippen LogP contribution < -0.4 is 10.6 Å². The Hall–Kier alpha value is -3.04. The van der Waals surface area contributed by atoms with E-state index in [4.69, 9.17) is 14.0 Å². The Morgan fingerprint density at radius 2 is 1.31 bits per heavy atom. The van der Waals surface area contributed by atoms with Crippen LogP contribution in [0.5, 0.6) is 0 Å². The molecule has 3 unspecified atom stereocenters. The van der Waals surface area contributed by atoms with Crippen molar-refractivity contribution in [3.05, 3.63) is 60.2 Å². The summed E-state index contributed by atoms with van der Waals surface area (Å²) in [6.07, 6.45) is 12.7. The predicted octanol–water partition coefficient (Wildman–Crippen LogP) is 9.09. The Balaban J connectivity index is 1.95. The van der Waals surface area contributed by atoms with Crippen molar-refractivity contribution in [3.63, 3.8) is 0 Å². The van der Waals surface area contributed by atoms with Crippen molar-refractivity contribution in [2.75, 3.05) is 19.4 Å². The van der Waals surface area contributed by atoms with E-state index in [1.165, 1.54) is 32.1 Å². The van der Waals surface area contributed by atoms with Crippen LogP contribution in [0.1, 0.15) is 130 Å². The summed E-state index contributed by atoms with van der Waals surface area (Å²) in [4.78, 5) is 49.0. The van der Waals surface area contributed by atoms with Crippen molar-refractivity contribution in [1.82, 2.24) is 10.6 Å². The number of amides is 1. The van der Waals surface area contributed by atoms with Gasteiger partial charge in [-0.15, -0.1) is 0 Å². The van der Waals surface area contributed by atoms with E-state index < -0.39 is 38.1 Å². The third-order valence-corrected chi connectivity index (χ3v) is 9.91. The predicted molar refractivity (Wildman–Crippen MR) is 208 cm³/mol. The number of carbonyl (C=O) groups is 3. The van der Waals surface area contributed by atoms with Gasteiger partial charge in [0.1, 0.15) is 0 Å². The molecule has 2 aromatic rings. The largest absolute Gasteiger partial charge is 0.466 e. The highest BCUT2D eigenvalue weighted by atomic mass is 31.2. The van der Waals surface area contributed by atoms with E-state index in [1.807, 2.05) is 54.6 Å². The minimum absolute atomic E-state index is 0.0168. The minimum atomic E-state index is -4.36. The number of benzene rings is 2. The average Bonchev–Trinajstić information content (AvgIpc) is 3.12. The third-order valence-electron chi connectivity index (χ3n) is 8.79. The molecule has 0 aliphatic rings. The van der Waals surface area contributed by atoms with Crippen molar-refractivity contribution >= 4 is 25.4 Å². The Labute approximate surface area is 312 Å². The van der Waals surface area contributed by atoms with Gasteiger partial charge in [0.05, 0.1) is 25.4 Å². The van der Waals surface area contributed by atoms with Crippen molar-refractivity contribution in [2.45, 2.75) is 143 Å². The normalized spacial score (nSPS) is 13.7. The molecule has 0 aliphatic carbocycles. The standard InChI is InChI=1S/C41H65N2O8P/c1-5-7-9-11-12-13-15-20-30-49-38(44)28-29-42-40(46)37(31-34-24-26-36(27-25-34)35-21-17-16-18-22-35)43-32-52(47,48)51-41(33(3)4)50-39(45)23-19-14-10-8-6-2/h16-18,21-22,24-27,33,37,41,43H,5-15,19-20,23,28-32H2,1-4H3,(H,42,46)(H,47,48). The third kappa shape index (κ3) is 20.3. The first-order chi connectivity index (χ1) is 25.0. The number of ether oxygens (including phenoxy) is 2. The van der Waals surface area contributed by atoms with Gasteiger partial charge in [-0.25, -0.2) is 0 Å². The second kappa shape index (κ2) is 26.7. The lowest BCUT2D eigenvalue weighted by Crippen LogP contribution is -2.46. The average molecular weight is 745 g/mol. The van der Waals surface area contributed by atoms with Crippen LogP contribution in [0.4, 0.5) is 0 Å². The lowest BCUT2D eigenvalue weighted by Gasteiger charge is -2.26. The first-order valence-corrected chi connectivity index (χ1v) is 21.3. The smallest absolute Gasteiger partial charge is 0.344 e. The zero-order chi connectivity index (χ0) is 38.0. The van der Waals surface area contributed by atoms with Gasteiger partial charge in [-0.2, -0.15) is 0 Å². The number of nitrogens with one attached hydrogen (secondary N) is 2. The number of carbonyl (C=O) groups excluding carboxylic acids is 3. The van der Waals surface area contributed by atoms with Gasteiger partial charge >= 0.3 is 19.5 Å². The molecule has 0 heterocycles. The maximum atomic E-state index is 13.4. The molecule has 0 fully saturated rings. The van der Waals surface area contributed by atoms with Crippen LogP contribution in [0.25, 0.3) is 11.1 Å². The first-order valence-electron chi connectivity index (χ1n) is 19.5. The molecule has 0 spiro atoms. The molecule has 0 aromatic heterocycles. The molecule has 292 valence electrons. The lowest BCUT2D eigenvalue weighted by molar-refractivity contribution is -0.170. The van der Waals surface area contributed by atoms with Gasteiger partial charge in [-0.3, -0.25) is 28.8 Å². The molecule has 0 aliphatic heterocycles. The van der Waals surface area contributed by atoms with Crippen LogP contribution in [0.3, 0.4) is 0 Å². The summed E-state index contributed by atoms with van der Waals surface area (Å²) in [5.74, 6) is -1.66. The minimum Gasteiger partial charge on any atom is -0.466 e. The van der Waals surface area contributed by atoms with E-state index in [0.29, 0.717) is 13.0 Å². The Morgan fingerprint density at radius 3 is 1.92 bits per heavy atom. The van der Waals surface area contributed by atoms with E-state index in [1.54, 1.807) is 13.8 Å². The van der Waals surface area contributed by atoms with Gasteiger partial charge < -0.3 is 19.7 Å². The molecule has 2 aromatic carbocycles. The summed E-state index contributed by atoms with van der Waals surface area (Å²) in [6, 6.07) is 16.8. The molecular formula is C41H65N2O8P. The monoisotopic (exact) mass is 744 g/mol. The SMILES string of the molecule is CCCCCCCCCCOC(=O)CCNC(=O)C(Cc1ccc(-c2ccccc2)cc1)NCP(=O)(O)OC(OC(=O)CCCCCCC)C(C)C. The van der Waals surface area contributed by atoms with Gasteiger partial charge in [-0.1, -0.05) is 153 Å². The molecule has 0 saturated carbocycles. The van der Waals surface area contributed by atoms with Gasteiger partial charge in [0.25, 0.3) is 0 Å². The highest BCUT2D eigenvalue weighted by Gasteiger charge is 2.31. The Bertz CT molecular complexity index is 1320. The van der Waals surface area contributed by atoms with Gasteiger partial charge in [0.15, 0.2) is 0 Å². The zero-order valence-corrected chi connectivity index (χ0v) is 33.0. The fraction of sp³-hybridized carbons (Fsp3) is 0.634. The highest BCUT2D eigenvalue weighted by molar-refractivity contribution is 7.52. The molecule has 0 saturated heterocycles. The summed E-state index contributed by atoms with van der Waals surface area (Å²) in [5.41, 5.74) is 2.91. The van der Waals surface area contributed by atoms with Crippen LogP contribution in [-0.4, -0.2) is 54.5 Å². The van der Waals surface area contributed by atoms with Crippen molar-refractivity contribution in [2.24, 2.45) is 5.92 Å². The van der Waals surface area contributed by atoms with Gasteiger partial charge in [-0.05, 0) is 36.0 Å². The molecule has 0 radical (unpaired) electrons. The summed E-state index contributed by atoms with van der Waals surface area (Å²) in [5, 5.41) is 5.68. The first kappa shape index (κ1) is 45.1. The number of esters is 2. The number of hydrogen-bond donors (Lipinski definition) is 3. The fourth-order valence-electron chi connectivity index (χ4n) is 5.63. The quantitative estimate of drug-likeness (QED) is 0.0322. The summed E-state index contributed by atoms with van der Waals surface area (Å²) >= 11 is 0. The molecule has 3 N–H and O–H groups in total. The highest BCUT2D eigenvalue weighted by Crippen LogP contribution is 2.43. The van der Waals surface area contributed by atoms with Crippen molar-refractivity contribution in [1.29, 1.82) is 0 Å². The maximum Gasteiger partial charge on any atom is 0.344 e. The molecule has 52 heavy (non-hydrogen) atoms. The van der Waals surface area contributed by atoms with Crippen LogP contribution in [0, 0.1) is 5.92 Å². The zero-order valence-electron chi connectivity index (χ0n) is 32.1. The maximum absolute atomic E-state index is 13.4. The van der Waals surface area contributed by atoms with Gasteiger partial charge in [0, 0.05) is 18.9 Å². The molecule has 3 atom stereocenters. The van der Waals surface area contributed by atoms with Gasteiger partial charge in [0.2, 0.25) is 12.2 Å². The summed E-state index contributed by atoms with van der Waals surface area (Å²) < 4.78 is 29.5. The van der Waals surface area contributed by atoms with E-state index in [2.05, 4.69) is 24.5 Å². The van der Waals surface area contributed by atoms with E-state index in [0.717, 1.165) is 61.6 Å². The number of rotatable bonds is 29. The van der Waals surface area contributed by atoms with Crippen LogP contribution >= 0.6 is 7.60 Å². The molecule has 10 nitrogen and oxygen atoms in total. The summed E-state index contributed by atoms with van der Waals surface area (Å²) in [7, 11) is -4.36. The van der Waals surface area contributed by atoms with E-state index >= 15 is 0 Å². The second-order valence-corrected chi connectivity index (χ2v) is 15.7. The summed E-state index contributed by atoms with van der Waals surface area (Å²) in [6.45, 7) is 8.23. The second-order valence-electron chi connectivity index (χ2n) is 13.9. The number of hydrogen-bond acceptors (Lipinski definition) is 8. The molecule has 0 bridgehead atoms. The lowest BCUT2D eigenvalue weighted by atomic mass is 10.0. The van der Waals surface area contributed by atoms with Crippen LogP contribution in [0.2, 0.25) is 0 Å². The molecular weight excluding hydrogens is 679 g/mol. The Morgan fingerprint density at radius 1 is 0.731 bits per heavy atom. The van der Waals surface area contributed by atoms with Crippen molar-refractivity contribution in [3.8, 4) is 11.1 Å².